The molecule has 0 nitrogen and oxygen atoms in total. The van der Waals surface area contributed by atoms with Crippen molar-refractivity contribution in [3.05, 3.63) is 0 Å². The highest BCUT2D eigenvalue weighted by Crippen LogP contribution is 2.29. The van der Waals surface area contributed by atoms with Gasteiger partial charge in [-0.05, 0) is 12.0 Å². The van der Waals surface area contributed by atoms with Gasteiger partial charge in [-0.2, -0.15) is 11.1 Å². The van der Waals surface area contributed by atoms with E-state index in [-0.39, 0.29) is 0 Å². The molecule has 0 aliphatic heterocycles. The van der Waals surface area contributed by atoms with Crippen LogP contribution in [0.5, 0.6) is 0 Å². The van der Waals surface area contributed by atoms with Crippen LogP contribution in [0.4, 0.5) is 0 Å². The van der Waals surface area contributed by atoms with Gasteiger partial charge < -0.3 is 0 Å². The highest BCUT2D eigenvalue weighted by Gasteiger charge is 2.17. The maximum atomic E-state index is 5.96. The van der Waals surface area contributed by atoms with Crippen molar-refractivity contribution in [3.8, 4) is 0 Å². The van der Waals surface area contributed by atoms with Gasteiger partial charge in [0.15, 0.2) is 8.11 Å². The van der Waals surface area contributed by atoms with Crippen molar-refractivity contribution >= 4 is 19.2 Å². The standard InChI is InChI=1S/C7H14ClSi/c1-9(8)6-7-4-2-3-5-7/h7H,2-6H2,1H3. The van der Waals surface area contributed by atoms with Crippen LogP contribution in [0.2, 0.25) is 12.6 Å². The van der Waals surface area contributed by atoms with Crippen molar-refractivity contribution in [3.63, 3.8) is 0 Å². The summed E-state index contributed by atoms with van der Waals surface area (Å²) in [6.45, 7) is 2.20. The molecule has 0 aromatic carbocycles. The molecule has 0 atom stereocenters. The molecule has 0 N–H and O–H groups in total. The van der Waals surface area contributed by atoms with Crippen LogP contribution < -0.4 is 0 Å². The highest BCUT2D eigenvalue weighted by molar-refractivity contribution is 7.06. The molecule has 0 aromatic rings. The van der Waals surface area contributed by atoms with E-state index in [1.807, 2.05) is 0 Å². The van der Waals surface area contributed by atoms with Crippen molar-refractivity contribution in [1.29, 1.82) is 0 Å². The summed E-state index contributed by atoms with van der Waals surface area (Å²) < 4.78 is 0. The van der Waals surface area contributed by atoms with Crippen molar-refractivity contribution in [1.82, 2.24) is 0 Å². The van der Waals surface area contributed by atoms with E-state index in [9.17, 15) is 0 Å². The first kappa shape index (κ1) is 7.61. The van der Waals surface area contributed by atoms with Gasteiger partial charge in [0.1, 0.15) is 0 Å². The van der Waals surface area contributed by atoms with Crippen molar-refractivity contribution < 1.29 is 0 Å². The van der Waals surface area contributed by atoms with Crippen LogP contribution >= 0.6 is 11.1 Å². The van der Waals surface area contributed by atoms with Gasteiger partial charge in [0.2, 0.25) is 0 Å². The van der Waals surface area contributed by atoms with Gasteiger partial charge in [-0.15, -0.1) is 0 Å². The largest absolute Gasteiger partial charge is 0.169 e. The van der Waals surface area contributed by atoms with Crippen LogP contribution in [-0.2, 0) is 0 Å². The predicted octanol–water partition coefficient (Wildman–Crippen LogP) is 3.04. The minimum absolute atomic E-state index is 0.445. The molecule has 1 aliphatic carbocycles. The van der Waals surface area contributed by atoms with Crippen LogP contribution in [0.25, 0.3) is 0 Å². The van der Waals surface area contributed by atoms with Gasteiger partial charge in [0.25, 0.3) is 0 Å². The van der Waals surface area contributed by atoms with Crippen LogP contribution in [0.15, 0.2) is 0 Å². The molecule has 1 rings (SSSR count). The van der Waals surface area contributed by atoms with Crippen LogP contribution in [0.1, 0.15) is 25.7 Å². The topological polar surface area (TPSA) is 0 Å². The van der Waals surface area contributed by atoms with Crippen molar-refractivity contribution in [2.75, 3.05) is 0 Å². The number of rotatable bonds is 2. The number of halogens is 1. The molecule has 0 spiro atoms. The lowest BCUT2D eigenvalue weighted by Crippen LogP contribution is -2.03. The Labute approximate surface area is 63.9 Å². The molecule has 0 saturated heterocycles. The molecular formula is C7H14ClSi. The Kier molecular flexibility index (Phi) is 3.06. The Hall–Kier alpha value is 0.507. The first-order valence-electron chi connectivity index (χ1n) is 3.77. The summed E-state index contributed by atoms with van der Waals surface area (Å²) in [5.74, 6) is 1.00. The van der Waals surface area contributed by atoms with E-state index in [1.54, 1.807) is 0 Å². The fraction of sp³-hybridized carbons (Fsp3) is 1.00. The second-order valence-electron chi connectivity index (χ2n) is 3.03. The summed E-state index contributed by atoms with van der Waals surface area (Å²) in [6.07, 6.45) is 5.82. The number of hydrogen-bond donors (Lipinski definition) is 0. The third-order valence-corrected chi connectivity index (χ3v) is 3.65. The summed E-state index contributed by atoms with van der Waals surface area (Å²) >= 11 is 5.96. The van der Waals surface area contributed by atoms with Gasteiger partial charge in [0, 0.05) is 0 Å². The maximum Gasteiger partial charge on any atom is 0.162 e. The van der Waals surface area contributed by atoms with Gasteiger partial charge in [0.05, 0.1) is 0 Å². The van der Waals surface area contributed by atoms with Crippen LogP contribution in [0.3, 0.4) is 0 Å². The second-order valence-corrected chi connectivity index (χ2v) is 6.73. The Bertz CT molecular complexity index is 77.0. The monoisotopic (exact) mass is 161 g/mol. The zero-order valence-electron chi connectivity index (χ0n) is 5.99. The summed E-state index contributed by atoms with van der Waals surface area (Å²) in [4.78, 5) is 0. The smallest absolute Gasteiger partial charge is 0.162 e. The Morgan fingerprint density at radius 1 is 1.44 bits per heavy atom. The molecule has 1 radical (unpaired) electrons. The van der Waals surface area contributed by atoms with E-state index in [0.717, 1.165) is 5.92 Å². The summed E-state index contributed by atoms with van der Waals surface area (Å²) in [5, 5.41) is 0. The molecule has 0 heterocycles. The lowest BCUT2D eigenvalue weighted by Gasteiger charge is -2.07. The van der Waals surface area contributed by atoms with Gasteiger partial charge in [-0.25, -0.2) is 0 Å². The SMILES string of the molecule is C[Si](Cl)CC1CCCC1. The van der Waals surface area contributed by atoms with E-state index in [1.165, 1.54) is 31.7 Å². The first-order valence-corrected chi connectivity index (χ1v) is 6.99. The Morgan fingerprint density at radius 2 is 2.00 bits per heavy atom. The average molecular weight is 162 g/mol. The van der Waals surface area contributed by atoms with Crippen LogP contribution in [-0.4, -0.2) is 8.11 Å². The summed E-state index contributed by atoms with van der Waals surface area (Å²) in [5.41, 5.74) is 0. The fourth-order valence-electron chi connectivity index (χ4n) is 1.61. The quantitative estimate of drug-likeness (QED) is 0.432. The van der Waals surface area contributed by atoms with E-state index in [4.69, 9.17) is 11.1 Å². The minimum Gasteiger partial charge on any atom is -0.169 e. The molecule has 0 unspecified atom stereocenters. The zero-order valence-corrected chi connectivity index (χ0v) is 7.75. The fourth-order valence-corrected chi connectivity index (χ4v) is 3.47. The molecule has 2 heteroatoms. The second kappa shape index (κ2) is 3.62. The van der Waals surface area contributed by atoms with E-state index in [0.29, 0.717) is 0 Å². The average Bonchev–Trinajstić information content (AvgIpc) is 2.15. The Morgan fingerprint density at radius 3 is 2.44 bits per heavy atom. The third-order valence-electron chi connectivity index (χ3n) is 2.04. The lowest BCUT2D eigenvalue weighted by atomic mass is 10.1. The molecular weight excluding hydrogens is 148 g/mol. The third kappa shape index (κ3) is 2.72. The summed E-state index contributed by atoms with van der Waals surface area (Å²) in [7, 11) is -0.445. The molecule has 9 heavy (non-hydrogen) atoms. The first-order chi connectivity index (χ1) is 4.29. The molecule has 0 bridgehead atoms. The predicted molar refractivity (Wildman–Crippen MR) is 44.2 cm³/mol. The van der Waals surface area contributed by atoms with Gasteiger partial charge in [-0.1, -0.05) is 32.2 Å². The molecule has 1 fully saturated rings. The summed E-state index contributed by atoms with van der Waals surface area (Å²) in [6, 6.07) is 1.34. The normalized spacial score (nSPS) is 21.7. The molecule has 53 valence electrons. The molecule has 0 aromatic heterocycles. The van der Waals surface area contributed by atoms with Gasteiger partial charge in [-0.3, -0.25) is 0 Å². The van der Waals surface area contributed by atoms with Crippen LogP contribution in [0, 0.1) is 5.92 Å². The van der Waals surface area contributed by atoms with E-state index in [2.05, 4.69) is 6.55 Å². The molecule has 1 saturated carbocycles. The van der Waals surface area contributed by atoms with E-state index >= 15 is 0 Å². The Balaban J connectivity index is 2.11. The zero-order chi connectivity index (χ0) is 6.69. The highest BCUT2D eigenvalue weighted by atomic mass is 35.6. The van der Waals surface area contributed by atoms with Crippen molar-refractivity contribution in [2.45, 2.75) is 38.3 Å². The van der Waals surface area contributed by atoms with Crippen molar-refractivity contribution in [2.24, 2.45) is 5.92 Å². The van der Waals surface area contributed by atoms with E-state index < -0.39 is 8.11 Å². The molecule has 1 aliphatic rings. The number of hydrogen-bond acceptors (Lipinski definition) is 0. The maximum absolute atomic E-state index is 5.96. The van der Waals surface area contributed by atoms with Gasteiger partial charge >= 0.3 is 0 Å². The lowest BCUT2D eigenvalue weighted by molar-refractivity contribution is 0.608. The minimum atomic E-state index is -0.445. The molecule has 0 amide bonds.